The molecule has 0 spiro atoms. The number of nitrogens with one attached hydrogen (secondary N) is 1. The summed E-state index contributed by atoms with van der Waals surface area (Å²) in [4.78, 5) is 22.4. The highest BCUT2D eigenvalue weighted by Gasteiger charge is 2.34. The zero-order valence-electron chi connectivity index (χ0n) is 10.8. The zero-order valence-corrected chi connectivity index (χ0v) is 11.6. The van der Waals surface area contributed by atoms with E-state index in [1.165, 1.54) is 7.11 Å². The molecule has 0 aliphatic carbocycles. The number of aliphatic carboxylic acids is 1. The van der Waals surface area contributed by atoms with Crippen LogP contribution in [-0.4, -0.2) is 56.2 Å². The second-order valence-electron chi connectivity index (χ2n) is 4.55. The van der Waals surface area contributed by atoms with Crippen LogP contribution in [0.15, 0.2) is 0 Å². The third kappa shape index (κ3) is 4.79. The van der Waals surface area contributed by atoms with Crippen LogP contribution in [0.2, 0.25) is 0 Å². The number of amides is 1. The van der Waals surface area contributed by atoms with E-state index in [2.05, 4.69) is 5.32 Å². The fraction of sp³-hybridized carbons (Fsp3) is 0.818. The van der Waals surface area contributed by atoms with Crippen molar-refractivity contribution in [3.63, 3.8) is 0 Å². The summed E-state index contributed by atoms with van der Waals surface area (Å²) in [5, 5.41) is 10.1. The Labute approximate surface area is 112 Å². The maximum atomic E-state index is 11.8. The molecule has 8 heteroatoms. The van der Waals surface area contributed by atoms with Crippen molar-refractivity contribution in [2.24, 2.45) is 0 Å². The van der Waals surface area contributed by atoms with Crippen LogP contribution in [-0.2, 0) is 24.2 Å². The highest BCUT2D eigenvalue weighted by molar-refractivity contribution is 7.92. The molecule has 2 unspecified atom stereocenters. The minimum absolute atomic E-state index is 0.00630. The Morgan fingerprint density at radius 2 is 2.11 bits per heavy atom. The van der Waals surface area contributed by atoms with Gasteiger partial charge in [0.15, 0.2) is 9.84 Å². The Kier molecular flexibility index (Phi) is 5.74. The second-order valence-corrected chi connectivity index (χ2v) is 6.86. The first-order valence-electron chi connectivity index (χ1n) is 6.10. The molecular formula is C11H19NO6S. The fourth-order valence-corrected chi connectivity index (χ4v) is 3.84. The molecule has 1 saturated heterocycles. The van der Waals surface area contributed by atoms with E-state index in [9.17, 15) is 18.0 Å². The number of hydrogen-bond acceptors (Lipinski definition) is 5. The molecule has 0 radical (unpaired) electrons. The van der Waals surface area contributed by atoms with Crippen LogP contribution in [0.3, 0.4) is 0 Å². The zero-order chi connectivity index (χ0) is 14.5. The molecule has 0 saturated carbocycles. The van der Waals surface area contributed by atoms with Gasteiger partial charge in [-0.2, -0.15) is 0 Å². The summed E-state index contributed by atoms with van der Waals surface area (Å²) >= 11 is 0. The first-order valence-corrected chi connectivity index (χ1v) is 7.82. The first kappa shape index (κ1) is 15.9. The van der Waals surface area contributed by atoms with Gasteiger partial charge in [-0.15, -0.1) is 0 Å². The van der Waals surface area contributed by atoms with E-state index in [0.717, 1.165) is 0 Å². The van der Waals surface area contributed by atoms with Crippen LogP contribution in [0, 0.1) is 0 Å². The molecule has 2 N–H and O–H groups in total. The predicted octanol–water partition coefficient (Wildman–Crippen LogP) is -0.440. The van der Waals surface area contributed by atoms with Gasteiger partial charge in [-0.25, -0.2) is 8.42 Å². The van der Waals surface area contributed by atoms with Gasteiger partial charge < -0.3 is 15.2 Å². The summed E-state index contributed by atoms with van der Waals surface area (Å²) in [6.07, 6.45) is 0.720. The van der Waals surface area contributed by atoms with E-state index in [0.29, 0.717) is 19.3 Å². The van der Waals surface area contributed by atoms with Gasteiger partial charge in [0.05, 0.1) is 18.3 Å². The lowest BCUT2D eigenvalue weighted by atomic mass is 10.1. The van der Waals surface area contributed by atoms with Crippen molar-refractivity contribution in [3.8, 4) is 0 Å². The monoisotopic (exact) mass is 293 g/mol. The Balaban J connectivity index is 2.52. The third-order valence-electron chi connectivity index (χ3n) is 3.11. The lowest BCUT2D eigenvalue weighted by molar-refractivity contribution is -0.140. The standard InChI is InChI=1S/C11H19NO6S/c1-18-8(6-10(13)14)7-12-11(15)9-4-2-3-5-19(9,16)17/h8-9H,2-7H2,1H3,(H,12,15)(H,13,14). The van der Waals surface area contributed by atoms with E-state index >= 15 is 0 Å². The first-order chi connectivity index (χ1) is 8.86. The smallest absolute Gasteiger partial charge is 0.306 e. The number of rotatable bonds is 6. The summed E-state index contributed by atoms with van der Waals surface area (Å²) in [6, 6.07) is 0. The molecular weight excluding hydrogens is 274 g/mol. The topological polar surface area (TPSA) is 110 Å². The largest absolute Gasteiger partial charge is 0.481 e. The molecule has 1 heterocycles. The summed E-state index contributed by atoms with van der Waals surface area (Å²) < 4.78 is 28.4. The molecule has 19 heavy (non-hydrogen) atoms. The lowest BCUT2D eigenvalue weighted by Gasteiger charge is -2.22. The molecule has 1 aliphatic heterocycles. The molecule has 0 aromatic heterocycles. The van der Waals surface area contributed by atoms with Crippen LogP contribution in [0.4, 0.5) is 0 Å². The molecule has 1 aliphatic rings. The van der Waals surface area contributed by atoms with Gasteiger partial charge in [0.25, 0.3) is 0 Å². The minimum Gasteiger partial charge on any atom is -0.481 e. The predicted molar refractivity (Wildman–Crippen MR) is 67.5 cm³/mol. The second kappa shape index (κ2) is 6.85. The van der Waals surface area contributed by atoms with E-state index in [4.69, 9.17) is 9.84 Å². The Hall–Kier alpha value is -1.15. The fourth-order valence-electron chi connectivity index (χ4n) is 2.01. The average Bonchev–Trinajstić information content (AvgIpc) is 2.33. The van der Waals surface area contributed by atoms with E-state index in [-0.39, 0.29) is 18.7 Å². The molecule has 1 fully saturated rings. The molecule has 2 atom stereocenters. The van der Waals surface area contributed by atoms with Crippen LogP contribution in [0.25, 0.3) is 0 Å². The van der Waals surface area contributed by atoms with Gasteiger partial charge in [-0.05, 0) is 12.8 Å². The van der Waals surface area contributed by atoms with Crippen LogP contribution in [0.5, 0.6) is 0 Å². The van der Waals surface area contributed by atoms with E-state index < -0.39 is 33.1 Å². The molecule has 7 nitrogen and oxygen atoms in total. The number of ether oxygens (including phenoxy) is 1. The molecule has 0 aromatic rings. The van der Waals surface area contributed by atoms with Crippen molar-refractivity contribution in [2.75, 3.05) is 19.4 Å². The van der Waals surface area contributed by atoms with Crippen LogP contribution < -0.4 is 5.32 Å². The summed E-state index contributed by atoms with van der Waals surface area (Å²) in [6.45, 7) is -0.00630. The Morgan fingerprint density at radius 1 is 1.42 bits per heavy atom. The summed E-state index contributed by atoms with van der Waals surface area (Å²) in [5.74, 6) is -1.56. The number of hydrogen-bond donors (Lipinski definition) is 2. The van der Waals surface area contributed by atoms with E-state index in [1.807, 2.05) is 0 Å². The minimum atomic E-state index is -3.37. The van der Waals surface area contributed by atoms with Crippen molar-refractivity contribution in [2.45, 2.75) is 37.0 Å². The summed E-state index contributed by atoms with van der Waals surface area (Å²) in [7, 11) is -2.03. The molecule has 110 valence electrons. The number of sulfone groups is 1. The average molecular weight is 293 g/mol. The highest BCUT2D eigenvalue weighted by atomic mass is 32.2. The van der Waals surface area contributed by atoms with Crippen molar-refractivity contribution in [3.05, 3.63) is 0 Å². The number of carbonyl (C=O) groups is 2. The maximum absolute atomic E-state index is 11.8. The van der Waals surface area contributed by atoms with Gasteiger partial charge in [0.2, 0.25) is 5.91 Å². The quantitative estimate of drug-likeness (QED) is 0.687. The van der Waals surface area contributed by atoms with Gasteiger partial charge >= 0.3 is 5.97 Å². The van der Waals surface area contributed by atoms with Gasteiger partial charge in [0, 0.05) is 13.7 Å². The molecule has 0 aromatic carbocycles. The number of carboxylic acids is 1. The van der Waals surface area contributed by atoms with Gasteiger partial charge in [-0.1, -0.05) is 6.42 Å². The SMILES string of the molecule is COC(CNC(=O)C1CCCCS1(=O)=O)CC(=O)O. The number of carbonyl (C=O) groups excluding carboxylic acids is 1. The number of methoxy groups -OCH3 is 1. The summed E-state index contributed by atoms with van der Waals surface area (Å²) in [5.41, 5.74) is 0. The molecule has 0 bridgehead atoms. The number of carboxylic acid groups (broad SMARTS) is 1. The van der Waals surface area contributed by atoms with Crippen molar-refractivity contribution in [1.82, 2.24) is 5.32 Å². The third-order valence-corrected chi connectivity index (χ3v) is 5.29. The van der Waals surface area contributed by atoms with Gasteiger partial charge in [0.1, 0.15) is 5.25 Å². The van der Waals surface area contributed by atoms with Crippen LogP contribution >= 0.6 is 0 Å². The van der Waals surface area contributed by atoms with Gasteiger partial charge in [-0.3, -0.25) is 9.59 Å². The van der Waals surface area contributed by atoms with Crippen molar-refractivity contribution >= 4 is 21.7 Å². The normalized spacial score (nSPS) is 23.5. The molecule has 1 rings (SSSR count). The van der Waals surface area contributed by atoms with Crippen molar-refractivity contribution < 1.29 is 27.9 Å². The Morgan fingerprint density at radius 3 is 2.63 bits per heavy atom. The lowest BCUT2D eigenvalue weighted by Crippen LogP contribution is -2.45. The Bertz CT molecular complexity index is 432. The maximum Gasteiger partial charge on any atom is 0.306 e. The van der Waals surface area contributed by atoms with Crippen LogP contribution in [0.1, 0.15) is 25.7 Å². The van der Waals surface area contributed by atoms with E-state index in [1.54, 1.807) is 0 Å². The highest BCUT2D eigenvalue weighted by Crippen LogP contribution is 2.19. The van der Waals surface area contributed by atoms with Crippen molar-refractivity contribution in [1.29, 1.82) is 0 Å². The molecule has 1 amide bonds.